The molecular formula is C34H34F3N5O3. The molecule has 7 rings (SSSR count). The number of aromatic hydroxyl groups is 1. The summed E-state index contributed by atoms with van der Waals surface area (Å²) in [6.45, 7) is 2.82. The van der Waals surface area contributed by atoms with E-state index in [9.17, 15) is 13.9 Å². The van der Waals surface area contributed by atoms with Crippen molar-refractivity contribution >= 4 is 27.5 Å². The number of likely N-dealkylation sites (tertiary alicyclic amines) is 1. The number of phenols is 1. The SMILES string of the molecule is C#Cc1c(F)ccc2cc(O)cc(-c3ncc4c(N5CCCOCC5)nc(OCC56CCCC5N(C)CC(F)C6)nc4c3F)c12. The third-order valence-electron chi connectivity index (χ3n) is 9.61. The van der Waals surface area contributed by atoms with E-state index < -0.39 is 17.8 Å². The molecule has 3 aliphatic rings. The second kappa shape index (κ2) is 11.7. The molecule has 0 bridgehead atoms. The van der Waals surface area contributed by atoms with Crippen LogP contribution < -0.4 is 9.64 Å². The van der Waals surface area contributed by atoms with Crippen LogP contribution in [0.15, 0.2) is 30.5 Å². The quantitative estimate of drug-likeness (QED) is 0.289. The molecule has 0 radical (unpaired) electrons. The normalized spacial score (nSPS) is 24.0. The monoisotopic (exact) mass is 617 g/mol. The number of hydrogen-bond donors (Lipinski definition) is 1. The number of nitrogens with zero attached hydrogens (tertiary/aromatic N) is 5. The Labute approximate surface area is 259 Å². The van der Waals surface area contributed by atoms with E-state index in [0.29, 0.717) is 55.9 Å². The maximum atomic E-state index is 16.7. The zero-order valence-electron chi connectivity index (χ0n) is 25.0. The summed E-state index contributed by atoms with van der Waals surface area (Å²) in [5.74, 6) is 1.24. The zero-order chi connectivity index (χ0) is 31.3. The Bertz CT molecular complexity index is 1820. The van der Waals surface area contributed by atoms with Crippen LogP contribution in [0.4, 0.5) is 19.0 Å². The number of halogens is 3. The molecule has 4 heterocycles. The summed E-state index contributed by atoms with van der Waals surface area (Å²) in [7, 11) is 1.95. The molecule has 2 aromatic carbocycles. The number of benzene rings is 2. The Kier molecular flexibility index (Phi) is 7.66. The topological polar surface area (TPSA) is 83.8 Å². The maximum absolute atomic E-state index is 16.7. The number of phenolic OH excluding ortho intramolecular Hbond substituents is 1. The number of piperidine rings is 1. The lowest BCUT2D eigenvalue weighted by atomic mass is 9.75. The van der Waals surface area contributed by atoms with Gasteiger partial charge in [-0.05, 0) is 56.3 Å². The average Bonchev–Trinajstić information content (AvgIpc) is 3.26. The van der Waals surface area contributed by atoms with Gasteiger partial charge < -0.3 is 19.5 Å². The van der Waals surface area contributed by atoms with Crippen LogP contribution in [-0.2, 0) is 4.74 Å². The van der Waals surface area contributed by atoms with E-state index in [4.69, 9.17) is 20.9 Å². The highest BCUT2D eigenvalue weighted by Gasteiger charge is 2.50. The van der Waals surface area contributed by atoms with Gasteiger partial charge in [0.25, 0.3) is 0 Å². The smallest absolute Gasteiger partial charge is 0.319 e. The van der Waals surface area contributed by atoms with Gasteiger partial charge in [-0.25, -0.2) is 13.2 Å². The fourth-order valence-corrected chi connectivity index (χ4v) is 7.65. The second-order valence-corrected chi connectivity index (χ2v) is 12.4. The lowest BCUT2D eigenvalue weighted by Gasteiger charge is -2.45. The molecule has 1 aliphatic carbocycles. The van der Waals surface area contributed by atoms with Crippen LogP contribution in [0.2, 0.25) is 0 Å². The van der Waals surface area contributed by atoms with E-state index in [0.717, 1.165) is 25.7 Å². The minimum atomic E-state index is -0.959. The third kappa shape index (κ3) is 5.20. The van der Waals surface area contributed by atoms with Gasteiger partial charge in [-0.3, -0.25) is 9.88 Å². The van der Waals surface area contributed by atoms with E-state index in [1.54, 1.807) is 0 Å². The van der Waals surface area contributed by atoms with Gasteiger partial charge in [0.15, 0.2) is 5.82 Å². The highest BCUT2D eigenvalue weighted by atomic mass is 19.1. The summed E-state index contributed by atoms with van der Waals surface area (Å²) >= 11 is 0. The van der Waals surface area contributed by atoms with Gasteiger partial charge in [-0.15, -0.1) is 6.42 Å². The first-order valence-electron chi connectivity index (χ1n) is 15.4. The van der Waals surface area contributed by atoms with E-state index in [2.05, 4.69) is 20.8 Å². The van der Waals surface area contributed by atoms with Gasteiger partial charge >= 0.3 is 6.01 Å². The number of fused-ring (bicyclic) bond motifs is 3. The molecule has 234 valence electrons. The third-order valence-corrected chi connectivity index (χ3v) is 9.61. The minimum Gasteiger partial charge on any atom is -0.508 e. The number of hydrogen-bond acceptors (Lipinski definition) is 8. The number of rotatable bonds is 5. The molecule has 4 aromatic rings. The molecule has 45 heavy (non-hydrogen) atoms. The van der Waals surface area contributed by atoms with Crippen LogP contribution in [-0.4, -0.2) is 83.7 Å². The Balaban J connectivity index is 1.37. The lowest BCUT2D eigenvalue weighted by molar-refractivity contribution is -0.0244. The van der Waals surface area contributed by atoms with Crippen LogP contribution in [0.25, 0.3) is 32.9 Å². The van der Waals surface area contributed by atoms with Crippen molar-refractivity contribution in [1.29, 1.82) is 0 Å². The van der Waals surface area contributed by atoms with Gasteiger partial charge in [0, 0.05) is 54.8 Å². The molecule has 11 heteroatoms. The number of pyridine rings is 1. The summed E-state index contributed by atoms with van der Waals surface area (Å²) in [6, 6.07) is 5.61. The summed E-state index contributed by atoms with van der Waals surface area (Å²) in [5.41, 5.74) is -0.502. The van der Waals surface area contributed by atoms with Crippen molar-refractivity contribution in [3.8, 4) is 35.4 Å². The van der Waals surface area contributed by atoms with Crippen LogP contribution in [0, 0.1) is 29.4 Å². The Morgan fingerprint density at radius 1 is 1.18 bits per heavy atom. The van der Waals surface area contributed by atoms with Gasteiger partial charge in [-0.2, -0.15) is 9.97 Å². The summed E-state index contributed by atoms with van der Waals surface area (Å²) in [5, 5.41) is 11.6. The lowest BCUT2D eigenvalue weighted by Crippen LogP contribution is -2.54. The Morgan fingerprint density at radius 2 is 2.04 bits per heavy atom. The molecule has 3 fully saturated rings. The largest absolute Gasteiger partial charge is 0.508 e. The highest BCUT2D eigenvalue weighted by molar-refractivity contribution is 6.03. The first-order valence-corrected chi connectivity index (χ1v) is 15.4. The summed E-state index contributed by atoms with van der Waals surface area (Å²) in [6.07, 6.45) is 10.1. The second-order valence-electron chi connectivity index (χ2n) is 12.4. The minimum absolute atomic E-state index is 0.0153. The fourth-order valence-electron chi connectivity index (χ4n) is 7.65. The molecule has 0 amide bonds. The molecule has 3 unspecified atom stereocenters. The number of aromatic nitrogens is 3. The summed E-state index contributed by atoms with van der Waals surface area (Å²) in [4.78, 5) is 17.8. The zero-order valence-corrected chi connectivity index (χ0v) is 25.0. The number of anilines is 1. The predicted molar refractivity (Wildman–Crippen MR) is 165 cm³/mol. The Hall–Kier alpha value is -4.14. The van der Waals surface area contributed by atoms with Crippen molar-refractivity contribution in [1.82, 2.24) is 19.9 Å². The number of alkyl halides is 1. The molecule has 1 N–H and O–H groups in total. The molecule has 8 nitrogen and oxygen atoms in total. The van der Waals surface area contributed by atoms with Crippen molar-refractivity contribution in [2.24, 2.45) is 5.41 Å². The molecule has 2 aromatic heterocycles. The number of ether oxygens (including phenoxy) is 2. The highest BCUT2D eigenvalue weighted by Crippen LogP contribution is 2.48. The van der Waals surface area contributed by atoms with Crippen LogP contribution in [0.3, 0.4) is 0 Å². The van der Waals surface area contributed by atoms with Crippen molar-refractivity contribution in [3.63, 3.8) is 0 Å². The molecule has 1 saturated carbocycles. The standard InChI is InChI=1S/C34H34F3N5O3/c1-3-23-26(36)8-7-20-14-22(43)15-24(28(20)23)30-29(37)31-25(17-38-30)32(42-10-5-12-44-13-11-42)40-33(39-31)45-19-34-9-4-6-27(34)41(2)18-21(35)16-34/h1,7-8,14-15,17,21,27,43H,4-6,9-13,16,18-19H2,2H3. The van der Waals surface area contributed by atoms with Gasteiger partial charge in [0.05, 0.1) is 24.2 Å². The van der Waals surface area contributed by atoms with Crippen LogP contribution in [0.5, 0.6) is 11.8 Å². The van der Waals surface area contributed by atoms with Gasteiger partial charge in [-0.1, -0.05) is 18.4 Å². The van der Waals surface area contributed by atoms with E-state index in [-0.39, 0.29) is 57.5 Å². The van der Waals surface area contributed by atoms with Crippen molar-refractivity contribution in [2.45, 2.75) is 44.3 Å². The summed E-state index contributed by atoms with van der Waals surface area (Å²) < 4.78 is 58.3. The fraction of sp³-hybridized carbons (Fsp3) is 0.441. The Morgan fingerprint density at radius 3 is 2.89 bits per heavy atom. The van der Waals surface area contributed by atoms with Gasteiger partial charge in [0.2, 0.25) is 0 Å². The molecular weight excluding hydrogens is 583 g/mol. The molecule has 0 spiro atoms. The van der Waals surface area contributed by atoms with Crippen molar-refractivity contribution < 1.29 is 27.8 Å². The van der Waals surface area contributed by atoms with Gasteiger partial charge in [0.1, 0.15) is 34.8 Å². The van der Waals surface area contributed by atoms with Crippen LogP contribution in [0.1, 0.15) is 37.7 Å². The van der Waals surface area contributed by atoms with E-state index >= 15 is 4.39 Å². The van der Waals surface area contributed by atoms with E-state index in [1.807, 2.05) is 11.9 Å². The molecule has 2 saturated heterocycles. The molecule has 2 aliphatic heterocycles. The average molecular weight is 618 g/mol. The predicted octanol–water partition coefficient (Wildman–Crippen LogP) is 5.63. The molecule has 3 atom stereocenters. The van der Waals surface area contributed by atoms with E-state index in [1.165, 1.54) is 30.5 Å². The first kappa shape index (κ1) is 29.6. The van der Waals surface area contributed by atoms with Crippen molar-refractivity contribution in [2.75, 3.05) is 51.4 Å². The first-order chi connectivity index (χ1) is 21.8. The maximum Gasteiger partial charge on any atom is 0.319 e. The van der Waals surface area contributed by atoms with Crippen molar-refractivity contribution in [3.05, 3.63) is 47.7 Å². The van der Waals surface area contributed by atoms with Crippen LogP contribution >= 0.6 is 0 Å². The number of terminal acetylenes is 1.